The molecule has 4 aromatic rings. The highest BCUT2D eigenvalue weighted by molar-refractivity contribution is 6.04. The van der Waals surface area contributed by atoms with Gasteiger partial charge in [-0.25, -0.2) is 0 Å². The van der Waals surface area contributed by atoms with Crippen molar-refractivity contribution in [3.8, 4) is 11.5 Å². The molecular formula is C34H35NO7. The molecule has 8 heteroatoms. The molecule has 0 saturated heterocycles. The van der Waals surface area contributed by atoms with Crippen molar-refractivity contribution >= 4 is 44.5 Å². The first kappa shape index (κ1) is 28.9. The highest BCUT2D eigenvalue weighted by Crippen LogP contribution is 2.49. The minimum Gasteiger partial charge on any atom is -0.496 e. The zero-order valence-corrected chi connectivity index (χ0v) is 24.4. The van der Waals surface area contributed by atoms with E-state index in [1.165, 1.54) is 7.11 Å². The van der Waals surface area contributed by atoms with E-state index in [2.05, 4.69) is 13.2 Å². The van der Waals surface area contributed by atoms with Crippen LogP contribution in [0.3, 0.4) is 0 Å². The summed E-state index contributed by atoms with van der Waals surface area (Å²) in [6, 6.07) is 13.3. The lowest BCUT2D eigenvalue weighted by Gasteiger charge is -2.44. The van der Waals surface area contributed by atoms with Gasteiger partial charge in [-0.3, -0.25) is 14.4 Å². The molecule has 0 spiro atoms. The number of carbonyl (C=O) groups excluding carboxylic acids is 2. The van der Waals surface area contributed by atoms with Gasteiger partial charge in [-0.2, -0.15) is 0 Å². The zero-order valence-electron chi connectivity index (χ0n) is 24.4. The summed E-state index contributed by atoms with van der Waals surface area (Å²) in [7, 11) is 3.34. The first-order valence-electron chi connectivity index (χ1n) is 14.0. The monoisotopic (exact) mass is 569 g/mol. The van der Waals surface area contributed by atoms with Gasteiger partial charge in [-0.05, 0) is 49.6 Å². The van der Waals surface area contributed by atoms with E-state index in [0.29, 0.717) is 51.7 Å². The molecule has 0 amide bonds. The van der Waals surface area contributed by atoms with Crippen LogP contribution in [-0.4, -0.2) is 35.3 Å². The number of aryl methyl sites for hydroxylation is 1. The van der Waals surface area contributed by atoms with Crippen molar-refractivity contribution in [3.63, 3.8) is 0 Å². The summed E-state index contributed by atoms with van der Waals surface area (Å²) in [5.41, 5.74) is 0.270. The van der Waals surface area contributed by atoms with E-state index >= 15 is 0 Å². The van der Waals surface area contributed by atoms with Crippen molar-refractivity contribution in [2.75, 3.05) is 7.11 Å². The number of fused-ring (bicyclic) bond motifs is 5. The highest BCUT2D eigenvalue weighted by atomic mass is 16.6. The lowest BCUT2D eigenvalue weighted by atomic mass is 9.86. The molecular weight excluding hydrogens is 534 g/mol. The first-order chi connectivity index (χ1) is 20.1. The molecule has 8 nitrogen and oxygen atoms in total. The molecule has 0 unspecified atom stereocenters. The average Bonchev–Trinajstić information content (AvgIpc) is 2.97. The number of benzene rings is 3. The molecule has 0 radical (unpaired) electrons. The van der Waals surface area contributed by atoms with E-state index < -0.39 is 29.7 Å². The topological polar surface area (TPSA) is 93.1 Å². The molecule has 0 saturated carbocycles. The number of pyridine rings is 1. The SMILES string of the molecule is C=CCCC(=O)O[C@@H]1c2c(cc(OC)c3c(=O)c4cc5ccccc5cc4n(C)c23)OC(C)(C)[C@@H]1OC(=O)CCC=C. The van der Waals surface area contributed by atoms with Crippen LogP contribution in [0.25, 0.3) is 32.6 Å². The average molecular weight is 570 g/mol. The van der Waals surface area contributed by atoms with E-state index in [9.17, 15) is 14.4 Å². The molecule has 0 aliphatic carbocycles. The summed E-state index contributed by atoms with van der Waals surface area (Å²) in [4.78, 5) is 40.2. The summed E-state index contributed by atoms with van der Waals surface area (Å²) in [6.07, 6.45) is 2.25. The number of hydrogen-bond acceptors (Lipinski definition) is 7. The summed E-state index contributed by atoms with van der Waals surface area (Å²) in [6.45, 7) is 10.9. The van der Waals surface area contributed by atoms with Crippen molar-refractivity contribution in [3.05, 3.63) is 83.6 Å². The molecule has 0 N–H and O–H groups in total. The van der Waals surface area contributed by atoms with Crippen LogP contribution in [0, 0.1) is 0 Å². The first-order valence-corrected chi connectivity index (χ1v) is 14.0. The van der Waals surface area contributed by atoms with Crippen molar-refractivity contribution in [2.45, 2.75) is 57.3 Å². The number of hydrogen-bond donors (Lipinski definition) is 0. The Labute approximate surface area is 244 Å². The summed E-state index contributed by atoms with van der Waals surface area (Å²) in [5.74, 6) is -0.264. The van der Waals surface area contributed by atoms with E-state index in [0.717, 1.165) is 10.8 Å². The fraction of sp³-hybridized carbons (Fsp3) is 0.324. The predicted molar refractivity (Wildman–Crippen MR) is 163 cm³/mol. The second-order valence-corrected chi connectivity index (χ2v) is 11.0. The van der Waals surface area contributed by atoms with Gasteiger partial charge in [0.2, 0.25) is 5.43 Å². The fourth-order valence-corrected chi connectivity index (χ4v) is 5.69. The number of allylic oxidation sites excluding steroid dienone is 2. The maximum atomic E-state index is 14.2. The summed E-state index contributed by atoms with van der Waals surface area (Å²) >= 11 is 0. The number of carbonyl (C=O) groups is 2. The maximum absolute atomic E-state index is 14.2. The molecule has 0 fully saturated rings. The van der Waals surface area contributed by atoms with Gasteiger partial charge in [0.25, 0.3) is 0 Å². The van der Waals surface area contributed by atoms with Crippen molar-refractivity contribution in [2.24, 2.45) is 7.05 Å². The molecule has 2 heterocycles. The lowest BCUT2D eigenvalue weighted by Crippen LogP contribution is -2.52. The van der Waals surface area contributed by atoms with Gasteiger partial charge in [0.15, 0.2) is 12.2 Å². The molecule has 3 aromatic carbocycles. The number of methoxy groups -OCH3 is 1. The Balaban J connectivity index is 1.83. The van der Waals surface area contributed by atoms with Gasteiger partial charge >= 0.3 is 11.9 Å². The van der Waals surface area contributed by atoms with Crippen LogP contribution in [0.2, 0.25) is 0 Å². The summed E-state index contributed by atoms with van der Waals surface area (Å²) < 4.78 is 26.2. The maximum Gasteiger partial charge on any atom is 0.306 e. The quantitative estimate of drug-likeness (QED) is 0.130. The normalized spacial score (nSPS) is 17.3. The highest BCUT2D eigenvalue weighted by Gasteiger charge is 2.50. The number of rotatable bonds is 9. The van der Waals surface area contributed by atoms with E-state index in [1.807, 2.05) is 48.0 Å². The Morgan fingerprint density at radius 2 is 1.62 bits per heavy atom. The van der Waals surface area contributed by atoms with Gasteiger partial charge in [-0.15, -0.1) is 13.2 Å². The Hall–Kier alpha value is -4.59. The van der Waals surface area contributed by atoms with Crippen molar-refractivity contribution < 1.29 is 28.5 Å². The van der Waals surface area contributed by atoms with Crippen LogP contribution in [0.4, 0.5) is 0 Å². The smallest absolute Gasteiger partial charge is 0.306 e. The van der Waals surface area contributed by atoms with Gasteiger partial charge in [0, 0.05) is 31.3 Å². The number of aromatic nitrogens is 1. The molecule has 1 aromatic heterocycles. The molecule has 1 aliphatic heterocycles. The second-order valence-electron chi connectivity index (χ2n) is 11.0. The Bertz CT molecular complexity index is 1800. The van der Waals surface area contributed by atoms with Crippen LogP contribution in [-0.2, 0) is 26.1 Å². The number of nitrogens with zero attached hydrogens (tertiary/aromatic N) is 1. The minimum atomic E-state index is -1.09. The second kappa shape index (κ2) is 11.4. The third-order valence-electron chi connectivity index (χ3n) is 7.76. The fourth-order valence-electron chi connectivity index (χ4n) is 5.69. The molecule has 5 rings (SSSR count). The van der Waals surface area contributed by atoms with E-state index in [-0.39, 0.29) is 18.3 Å². The van der Waals surface area contributed by atoms with Crippen LogP contribution in [0.5, 0.6) is 11.5 Å². The van der Waals surface area contributed by atoms with Gasteiger partial charge < -0.3 is 23.5 Å². The molecule has 218 valence electrons. The Morgan fingerprint density at radius 3 is 2.24 bits per heavy atom. The third-order valence-corrected chi connectivity index (χ3v) is 7.76. The zero-order chi connectivity index (χ0) is 30.2. The Kier molecular flexibility index (Phi) is 7.82. The predicted octanol–water partition coefficient (Wildman–Crippen LogP) is 6.45. The Morgan fingerprint density at radius 1 is 1.00 bits per heavy atom. The molecule has 1 aliphatic rings. The van der Waals surface area contributed by atoms with Gasteiger partial charge in [0.05, 0.1) is 29.1 Å². The van der Waals surface area contributed by atoms with Crippen LogP contribution in [0.1, 0.15) is 51.2 Å². The third kappa shape index (κ3) is 5.02. The van der Waals surface area contributed by atoms with E-state index in [1.54, 1.807) is 32.1 Å². The number of esters is 2. The standard InChI is InChI=1S/C34H35NO7/c1-7-9-15-26(36)40-32-29-25(42-34(3,4)33(32)41-27(37)16-10-8-2)19-24(39-6)28-30(29)35(5)23-18-21-14-12-11-13-20(21)17-22(23)31(28)38/h7-8,11-14,17-19,32-33H,1-2,9-10,15-16H2,3-6H3/t32-,33-/m1/s1. The lowest BCUT2D eigenvalue weighted by molar-refractivity contribution is -0.190. The molecule has 2 atom stereocenters. The van der Waals surface area contributed by atoms with Crippen LogP contribution >= 0.6 is 0 Å². The van der Waals surface area contributed by atoms with Gasteiger partial charge in [-0.1, -0.05) is 36.4 Å². The molecule has 0 bridgehead atoms. The summed E-state index contributed by atoms with van der Waals surface area (Å²) in [5, 5.41) is 2.73. The van der Waals surface area contributed by atoms with Crippen molar-refractivity contribution in [1.82, 2.24) is 4.57 Å². The number of ether oxygens (including phenoxy) is 4. The van der Waals surface area contributed by atoms with Gasteiger partial charge in [0.1, 0.15) is 17.1 Å². The minimum absolute atomic E-state index is 0.0929. The van der Waals surface area contributed by atoms with Crippen molar-refractivity contribution in [1.29, 1.82) is 0 Å². The van der Waals surface area contributed by atoms with Crippen LogP contribution < -0.4 is 14.9 Å². The largest absolute Gasteiger partial charge is 0.496 e. The van der Waals surface area contributed by atoms with Crippen LogP contribution in [0.15, 0.2) is 72.6 Å². The van der Waals surface area contributed by atoms with E-state index in [4.69, 9.17) is 18.9 Å². The molecule has 42 heavy (non-hydrogen) atoms.